The Morgan fingerprint density at radius 2 is 2.00 bits per heavy atom. The number of phenols is 1. The second kappa shape index (κ2) is 5.34. The van der Waals surface area contributed by atoms with Crippen molar-refractivity contribution in [2.45, 2.75) is 32.2 Å². The molecular weight excluding hydrogens is 333 g/mol. The molecule has 110 valence electrons. The van der Waals surface area contributed by atoms with E-state index in [4.69, 9.17) is 0 Å². The van der Waals surface area contributed by atoms with E-state index in [-0.39, 0.29) is 17.6 Å². The van der Waals surface area contributed by atoms with Gasteiger partial charge in [-0.1, -0.05) is 19.1 Å². The number of phenolic OH excluding ortho intramolecular Hbond substituents is 1. The van der Waals surface area contributed by atoms with Crippen molar-refractivity contribution in [3.05, 3.63) is 57.3 Å². The molecule has 2 aromatic rings. The van der Waals surface area contributed by atoms with Crippen LogP contribution in [0.15, 0.2) is 34.8 Å². The highest BCUT2D eigenvalue weighted by atomic mass is 79.9. The number of hydrogen-bond donors (Lipinski definition) is 2. The van der Waals surface area contributed by atoms with E-state index in [2.05, 4.69) is 35.1 Å². The summed E-state index contributed by atoms with van der Waals surface area (Å²) in [5.74, 6) is 0.331. The molecule has 0 fully saturated rings. The molecule has 2 atom stereocenters. The van der Waals surface area contributed by atoms with Crippen LogP contribution >= 0.6 is 15.9 Å². The number of fused-ring (bicyclic) bond motifs is 1. The first kappa shape index (κ1) is 14.4. The first-order chi connectivity index (χ1) is 9.99. The monoisotopic (exact) mass is 349 g/mol. The van der Waals surface area contributed by atoms with Gasteiger partial charge in [0.05, 0.1) is 11.7 Å². The van der Waals surface area contributed by atoms with E-state index < -0.39 is 0 Å². The van der Waals surface area contributed by atoms with E-state index in [1.807, 2.05) is 6.07 Å². The minimum atomic E-state index is -0.294. The van der Waals surface area contributed by atoms with Gasteiger partial charge in [0.1, 0.15) is 11.6 Å². The predicted molar refractivity (Wildman–Crippen MR) is 86.3 cm³/mol. The first-order valence-corrected chi connectivity index (χ1v) is 7.81. The van der Waals surface area contributed by atoms with Crippen LogP contribution in [0.25, 0.3) is 0 Å². The van der Waals surface area contributed by atoms with Crippen molar-refractivity contribution in [3.8, 4) is 5.75 Å². The summed E-state index contributed by atoms with van der Waals surface area (Å²) in [5.41, 5.74) is 3.70. The van der Waals surface area contributed by atoms with Crippen LogP contribution < -0.4 is 5.32 Å². The molecular formula is C17H17BrFNO. The number of aromatic hydroxyl groups is 1. The molecule has 0 spiro atoms. The van der Waals surface area contributed by atoms with Gasteiger partial charge in [-0.05, 0) is 64.5 Å². The lowest BCUT2D eigenvalue weighted by Crippen LogP contribution is -2.09. The Morgan fingerprint density at radius 3 is 2.71 bits per heavy atom. The van der Waals surface area contributed by atoms with Crippen LogP contribution in [0.4, 0.5) is 10.1 Å². The van der Waals surface area contributed by atoms with Crippen LogP contribution in [-0.4, -0.2) is 5.11 Å². The van der Waals surface area contributed by atoms with Crippen molar-refractivity contribution in [1.29, 1.82) is 0 Å². The van der Waals surface area contributed by atoms with Gasteiger partial charge in [-0.15, -0.1) is 0 Å². The minimum absolute atomic E-state index is 0.0805. The standard InChI is InChI=1S/C17H17BrFNO/c1-9-6-7-14(21)16-13(8-10(2)15(9)16)20-17-11(18)4-3-5-12(17)19/h3-7,10,13,20-21H,8H2,1-2H3. The molecule has 3 rings (SSSR count). The summed E-state index contributed by atoms with van der Waals surface area (Å²) in [7, 11) is 0. The molecule has 2 aromatic carbocycles. The summed E-state index contributed by atoms with van der Waals surface area (Å²) in [6, 6.07) is 8.48. The van der Waals surface area contributed by atoms with Crippen molar-refractivity contribution in [2.24, 2.45) is 0 Å². The lowest BCUT2D eigenvalue weighted by molar-refractivity contribution is 0.465. The summed E-state index contributed by atoms with van der Waals surface area (Å²) in [5, 5.41) is 13.5. The van der Waals surface area contributed by atoms with Crippen LogP contribution in [0.5, 0.6) is 5.75 Å². The lowest BCUT2D eigenvalue weighted by atomic mass is 9.97. The van der Waals surface area contributed by atoms with Crippen LogP contribution in [0.3, 0.4) is 0 Å². The molecule has 0 bridgehead atoms. The maximum atomic E-state index is 14.0. The van der Waals surface area contributed by atoms with E-state index in [1.54, 1.807) is 18.2 Å². The summed E-state index contributed by atoms with van der Waals surface area (Å²) in [6.07, 6.45) is 0.842. The average molecular weight is 350 g/mol. The molecule has 4 heteroatoms. The molecule has 0 saturated heterocycles. The number of halogens is 2. The van der Waals surface area contributed by atoms with Crippen LogP contribution in [0.2, 0.25) is 0 Å². The summed E-state index contributed by atoms with van der Waals surface area (Å²) < 4.78 is 14.7. The zero-order chi connectivity index (χ0) is 15.1. The lowest BCUT2D eigenvalue weighted by Gasteiger charge is -2.18. The van der Waals surface area contributed by atoms with Gasteiger partial charge in [0.2, 0.25) is 0 Å². The summed E-state index contributed by atoms with van der Waals surface area (Å²) in [6.45, 7) is 4.19. The average Bonchev–Trinajstić information content (AvgIpc) is 2.77. The third-order valence-corrected chi connectivity index (χ3v) is 4.85. The molecule has 1 aliphatic carbocycles. The van der Waals surface area contributed by atoms with Crippen molar-refractivity contribution in [3.63, 3.8) is 0 Å². The fourth-order valence-corrected chi connectivity index (χ4v) is 3.74. The van der Waals surface area contributed by atoms with Gasteiger partial charge in [0.15, 0.2) is 0 Å². The zero-order valence-corrected chi connectivity index (χ0v) is 13.5. The molecule has 21 heavy (non-hydrogen) atoms. The van der Waals surface area contributed by atoms with Crippen LogP contribution in [0.1, 0.15) is 42.0 Å². The van der Waals surface area contributed by atoms with Gasteiger partial charge in [-0.3, -0.25) is 0 Å². The Labute approximate surface area is 132 Å². The molecule has 1 aliphatic rings. The molecule has 2 unspecified atom stereocenters. The summed E-state index contributed by atoms with van der Waals surface area (Å²) in [4.78, 5) is 0. The van der Waals surface area contributed by atoms with Crippen molar-refractivity contribution in [1.82, 2.24) is 0 Å². The van der Waals surface area contributed by atoms with E-state index in [9.17, 15) is 9.50 Å². The van der Waals surface area contributed by atoms with Gasteiger partial charge >= 0.3 is 0 Å². The van der Waals surface area contributed by atoms with Gasteiger partial charge in [0, 0.05) is 10.0 Å². The molecule has 0 aromatic heterocycles. The quantitative estimate of drug-likeness (QED) is 0.774. The normalized spacial score (nSPS) is 20.4. The highest BCUT2D eigenvalue weighted by Gasteiger charge is 2.32. The Hall–Kier alpha value is -1.55. The highest BCUT2D eigenvalue weighted by Crippen LogP contribution is 2.47. The molecule has 0 saturated carbocycles. The first-order valence-electron chi connectivity index (χ1n) is 7.02. The maximum absolute atomic E-state index is 14.0. The molecule has 0 amide bonds. The molecule has 0 aliphatic heterocycles. The largest absolute Gasteiger partial charge is 0.508 e. The van der Waals surface area contributed by atoms with Crippen molar-refractivity contribution in [2.75, 3.05) is 5.32 Å². The van der Waals surface area contributed by atoms with Gasteiger partial charge < -0.3 is 10.4 Å². The number of nitrogens with one attached hydrogen (secondary N) is 1. The highest BCUT2D eigenvalue weighted by molar-refractivity contribution is 9.10. The zero-order valence-electron chi connectivity index (χ0n) is 12.0. The molecule has 0 heterocycles. The number of rotatable bonds is 2. The topological polar surface area (TPSA) is 32.3 Å². The Balaban J connectivity index is 2.03. The minimum Gasteiger partial charge on any atom is -0.508 e. The van der Waals surface area contributed by atoms with E-state index >= 15 is 0 Å². The smallest absolute Gasteiger partial charge is 0.147 e. The molecule has 0 radical (unpaired) electrons. The summed E-state index contributed by atoms with van der Waals surface area (Å²) >= 11 is 3.38. The molecule has 2 nitrogen and oxygen atoms in total. The number of anilines is 1. The number of para-hydroxylation sites is 1. The van der Waals surface area contributed by atoms with Crippen LogP contribution in [-0.2, 0) is 0 Å². The van der Waals surface area contributed by atoms with Crippen molar-refractivity contribution >= 4 is 21.6 Å². The van der Waals surface area contributed by atoms with Gasteiger partial charge in [0.25, 0.3) is 0 Å². The molecule has 2 N–H and O–H groups in total. The van der Waals surface area contributed by atoms with Gasteiger partial charge in [-0.25, -0.2) is 4.39 Å². The third-order valence-electron chi connectivity index (χ3n) is 4.19. The SMILES string of the molecule is Cc1ccc(O)c2c1C(C)CC2Nc1c(F)cccc1Br. The Morgan fingerprint density at radius 1 is 1.24 bits per heavy atom. The Kier molecular flexibility index (Phi) is 3.66. The van der Waals surface area contributed by atoms with Crippen molar-refractivity contribution < 1.29 is 9.50 Å². The number of hydrogen-bond acceptors (Lipinski definition) is 2. The second-order valence-corrected chi connectivity index (χ2v) is 6.51. The predicted octanol–water partition coefficient (Wildman–Crippen LogP) is 5.26. The third kappa shape index (κ3) is 2.42. The number of aryl methyl sites for hydroxylation is 1. The second-order valence-electron chi connectivity index (χ2n) is 5.66. The van der Waals surface area contributed by atoms with E-state index in [1.165, 1.54) is 17.2 Å². The van der Waals surface area contributed by atoms with E-state index in [0.29, 0.717) is 16.1 Å². The fourth-order valence-electron chi connectivity index (χ4n) is 3.28. The number of benzene rings is 2. The van der Waals surface area contributed by atoms with Crippen LogP contribution in [0, 0.1) is 12.7 Å². The maximum Gasteiger partial charge on any atom is 0.147 e. The fraction of sp³-hybridized carbons (Fsp3) is 0.294. The van der Waals surface area contributed by atoms with Gasteiger partial charge in [-0.2, -0.15) is 0 Å². The van der Waals surface area contributed by atoms with E-state index in [0.717, 1.165) is 12.0 Å². The Bertz CT molecular complexity index is 681.